The second kappa shape index (κ2) is 7.27. The van der Waals surface area contributed by atoms with Crippen molar-refractivity contribution < 1.29 is 18.3 Å². The van der Waals surface area contributed by atoms with Gasteiger partial charge in [-0.1, -0.05) is 30.3 Å². The fourth-order valence-electron chi connectivity index (χ4n) is 2.26. The largest absolute Gasteiger partial charge is 0.416 e. The van der Waals surface area contributed by atoms with Crippen molar-refractivity contribution in [3.63, 3.8) is 0 Å². The van der Waals surface area contributed by atoms with E-state index in [1.807, 2.05) is 6.07 Å². The van der Waals surface area contributed by atoms with Crippen LogP contribution in [0.5, 0.6) is 0 Å². The van der Waals surface area contributed by atoms with Gasteiger partial charge in [0.1, 0.15) is 0 Å². The van der Waals surface area contributed by atoms with E-state index in [0.717, 1.165) is 11.6 Å². The van der Waals surface area contributed by atoms with Crippen molar-refractivity contribution >= 4 is 0 Å². The molecule has 2 aromatic carbocycles. The smallest absolute Gasteiger partial charge is 0.387 e. The molecular weight excluding hydrogens is 305 g/mol. The van der Waals surface area contributed by atoms with Gasteiger partial charge in [-0.2, -0.15) is 18.4 Å². The number of aliphatic hydroxyl groups is 1. The van der Waals surface area contributed by atoms with E-state index in [1.165, 1.54) is 18.2 Å². The Labute approximate surface area is 132 Å². The summed E-state index contributed by atoms with van der Waals surface area (Å²) in [6, 6.07) is 13.9. The van der Waals surface area contributed by atoms with E-state index in [-0.39, 0.29) is 12.1 Å². The first kappa shape index (κ1) is 17.0. The van der Waals surface area contributed by atoms with Gasteiger partial charge in [0.2, 0.25) is 0 Å². The van der Waals surface area contributed by atoms with Crippen LogP contribution >= 0.6 is 0 Å². The number of benzene rings is 2. The second-order valence-corrected chi connectivity index (χ2v) is 5.04. The molecule has 0 unspecified atom stereocenters. The normalized spacial score (nSPS) is 12.7. The first-order chi connectivity index (χ1) is 10.9. The van der Waals surface area contributed by atoms with Crippen molar-refractivity contribution in [2.75, 3.05) is 6.54 Å². The molecule has 0 bridgehead atoms. The van der Waals surface area contributed by atoms with Crippen LogP contribution in [0.2, 0.25) is 0 Å². The molecule has 0 radical (unpaired) electrons. The summed E-state index contributed by atoms with van der Waals surface area (Å²) in [6.45, 7) is 0.324. The Morgan fingerprint density at radius 2 is 1.87 bits per heavy atom. The predicted octanol–water partition coefficient (Wildman–Crippen LogP) is 3.40. The third-order valence-corrected chi connectivity index (χ3v) is 3.35. The monoisotopic (exact) mass is 320 g/mol. The van der Waals surface area contributed by atoms with Crippen LogP contribution in [0.1, 0.15) is 28.4 Å². The SMILES string of the molecule is N#Cc1cccc(CNC[C@H](O)c2ccccc2C(F)(F)F)c1. The summed E-state index contributed by atoms with van der Waals surface area (Å²) < 4.78 is 38.8. The van der Waals surface area contributed by atoms with Gasteiger partial charge in [0.15, 0.2) is 0 Å². The van der Waals surface area contributed by atoms with E-state index >= 15 is 0 Å². The van der Waals surface area contributed by atoms with Crippen molar-refractivity contribution in [3.8, 4) is 6.07 Å². The third kappa shape index (κ3) is 4.55. The number of hydrogen-bond acceptors (Lipinski definition) is 3. The maximum atomic E-state index is 12.9. The molecule has 0 aliphatic heterocycles. The second-order valence-electron chi connectivity index (χ2n) is 5.04. The highest BCUT2D eigenvalue weighted by molar-refractivity contribution is 5.33. The number of alkyl halides is 3. The number of aliphatic hydroxyl groups excluding tert-OH is 1. The Kier molecular flexibility index (Phi) is 5.37. The molecule has 120 valence electrons. The molecule has 0 heterocycles. The zero-order valence-electron chi connectivity index (χ0n) is 12.1. The third-order valence-electron chi connectivity index (χ3n) is 3.35. The molecule has 0 fully saturated rings. The van der Waals surface area contributed by atoms with E-state index < -0.39 is 17.8 Å². The molecule has 23 heavy (non-hydrogen) atoms. The lowest BCUT2D eigenvalue weighted by Crippen LogP contribution is -2.23. The van der Waals surface area contributed by atoms with E-state index in [1.54, 1.807) is 24.3 Å². The summed E-state index contributed by atoms with van der Waals surface area (Å²) >= 11 is 0. The molecule has 0 aliphatic carbocycles. The van der Waals surface area contributed by atoms with Crippen LogP contribution in [0.4, 0.5) is 13.2 Å². The maximum Gasteiger partial charge on any atom is 0.416 e. The van der Waals surface area contributed by atoms with Gasteiger partial charge in [-0.15, -0.1) is 0 Å². The standard InChI is InChI=1S/C17H15F3N2O/c18-17(19,20)15-7-2-1-6-14(15)16(23)11-22-10-13-5-3-4-12(8-13)9-21/h1-8,16,22-23H,10-11H2/t16-/m0/s1. The maximum absolute atomic E-state index is 12.9. The van der Waals surface area contributed by atoms with Crippen LogP contribution in [0.25, 0.3) is 0 Å². The van der Waals surface area contributed by atoms with Gasteiger partial charge in [-0.3, -0.25) is 0 Å². The minimum absolute atomic E-state index is 0.0239. The van der Waals surface area contributed by atoms with Crippen molar-refractivity contribution in [1.29, 1.82) is 5.26 Å². The average Bonchev–Trinajstić information content (AvgIpc) is 2.54. The van der Waals surface area contributed by atoms with Crippen molar-refractivity contribution in [2.24, 2.45) is 0 Å². The summed E-state index contributed by atoms with van der Waals surface area (Å²) in [7, 11) is 0. The summed E-state index contributed by atoms with van der Waals surface area (Å²) in [5, 5.41) is 21.7. The molecule has 2 aromatic rings. The van der Waals surface area contributed by atoms with Gasteiger partial charge in [-0.05, 0) is 29.3 Å². The van der Waals surface area contributed by atoms with Crippen LogP contribution in [0.15, 0.2) is 48.5 Å². The molecule has 3 nitrogen and oxygen atoms in total. The minimum Gasteiger partial charge on any atom is -0.387 e. The summed E-state index contributed by atoms with van der Waals surface area (Å²) in [5.74, 6) is 0. The van der Waals surface area contributed by atoms with Crippen molar-refractivity contribution in [3.05, 3.63) is 70.8 Å². The lowest BCUT2D eigenvalue weighted by Gasteiger charge is -2.18. The fraction of sp³-hybridized carbons (Fsp3) is 0.235. The minimum atomic E-state index is -4.50. The molecule has 6 heteroatoms. The van der Waals surface area contributed by atoms with E-state index in [9.17, 15) is 18.3 Å². The van der Waals surface area contributed by atoms with Gasteiger partial charge >= 0.3 is 6.18 Å². The predicted molar refractivity (Wildman–Crippen MR) is 79.3 cm³/mol. The molecule has 1 atom stereocenters. The highest BCUT2D eigenvalue weighted by Gasteiger charge is 2.34. The van der Waals surface area contributed by atoms with E-state index in [2.05, 4.69) is 5.32 Å². The molecule has 0 saturated heterocycles. The van der Waals surface area contributed by atoms with Crippen LogP contribution in [0, 0.1) is 11.3 Å². The van der Waals surface area contributed by atoms with E-state index in [0.29, 0.717) is 12.1 Å². The number of hydrogen-bond donors (Lipinski definition) is 2. The zero-order chi connectivity index (χ0) is 16.9. The number of rotatable bonds is 5. The Morgan fingerprint density at radius 3 is 2.57 bits per heavy atom. The van der Waals surface area contributed by atoms with Gasteiger partial charge < -0.3 is 10.4 Å². The first-order valence-corrected chi connectivity index (χ1v) is 6.96. The molecule has 2 N–H and O–H groups in total. The average molecular weight is 320 g/mol. The number of halogens is 3. The summed E-state index contributed by atoms with van der Waals surface area (Å²) in [4.78, 5) is 0. The first-order valence-electron chi connectivity index (χ1n) is 6.96. The summed E-state index contributed by atoms with van der Waals surface area (Å²) in [6.07, 6.45) is -5.77. The van der Waals surface area contributed by atoms with Crippen molar-refractivity contribution in [2.45, 2.75) is 18.8 Å². The lowest BCUT2D eigenvalue weighted by atomic mass is 10.0. The van der Waals surface area contributed by atoms with Gasteiger partial charge in [0.05, 0.1) is 23.3 Å². The lowest BCUT2D eigenvalue weighted by molar-refractivity contribution is -0.139. The molecule has 0 saturated carbocycles. The molecular formula is C17H15F3N2O. The zero-order valence-corrected chi connectivity index (χ0v) is 12.1. The topological polar surface area (TPSA) is 56.0 Å². The van der Waals surface area contributed by atoms with Crippen LogP contribution in [0.3, 0.4) is 0 Å². The molecule has 0 spiro atoms. The number of nitrogens with one attached hydrogen (secondary N) is 1. The fourth-order valence-corrected chi connectivity index (χ4v) is 2.26. The van der Waals surface area contributed by atoms with Crippen LogP contribution in [-0.2, 0) is 12.7 Å². The number of nitriles is 1. The summed E-state index contributed by atoms with van der Waals surface area (Å²) in [5.41, 5.74) is 0.340. The Bertz CT molecular complexity index is 707. The highest BCUT2D eigenvalue weighted by atomic mass is 19.4. The Balaban J connectivity index is 2.00. The highest BCUT2D eigenvalue weighted by Crippen LogP contribution is 2.34. The Hall–Kier alpha value is -2.36. The van der Waals surface area contributed by atoms with Crippen molar-refractivity contribution in [1.82, 2.24) is 5.32 Å². The Morgan fingerprint density at radius 1 is 1.13 bits per heavy atom. The van der Waals surface area contributed by atoms with Crippen LogP contribution in [-0.4, -0.2) is 11.7 Å². The van der Waals surface area contributed by atoms with Gasteiger partial charge in [-0.25, -0.2) is 0 Å². The molecule has 0 aliphatic rings. The molecule has 0 amide bonds. The quantitative estimate of drug-likeness (QED) is 0.888. The molecule has 2 rings (SSSR count). The van der Waals surface area contributed by atoms with E-state index in [4.69, 9.17) is 5.26 Å². The van der Waals surface area contributed by atoms with Crippen LogP contribution < -0.4 is 5.32 Å². The number of nitrogens with zero attached hydrogens (tertiary/aromatic N) is 1. The molecule has 0 aromatic heterocycles. The van der Waals surface area contributed by atoms with Gasteiger partial charge in [0.25, 0.3) is 0 Å². The van der Waals surface area contributed by atoms with Gasteiger partial charge in [0, 0.05) is 13.1 Å².